The largest absolute Gasteiger partial charge is 0.387 e. The summed E-state index contributed by atoms with van der Waals surface area (Å²) < 4.78 is 1.71. The minimum Gasteiger partial charge on any atom is -0.387 e. The predicted molar refractivity (Wildman–Crippen MR) is 58.0 cm³/mol. The van der Waals surface area contributed by atoms with Crippen molar-refractivity contribution in [3.8, 4) is 5.82 Å². The van der Waals surface area contributed by atoms with E-state index in [1.165, 1.54) is 0 Å². The standard InChI is InChI=1S/C11H12N4O/c16-10-6-12-5-9-8(10)7-15(14-9)11-3-1-2-4-13-11/h1-4,7,10,12,16H,5-6H2. The van der Waals surface area contributed by atoms with Crippen LogP contribution in [-0.4, -0.2) is 26.4 Å². The summed E-state index contributed by atoms with van der Waals surface area (Å²) in [5, 5.41) is 17.3. The highest BCUT2D eigenvalue weighted by Gasteiger charge is 2.21. The van der Waals surface area contributed by atoms with E-state index in [-0.39, 0.29) is 0 Å². The van der Waals surface area contributed by atoms with E-state index in [9.17, 15) is 5.11 Å². The van der Waals surface area contributed by atoms with Crippen LogP contribution in [0.3, 0.4) is 0 Å². The number of pyridine rings is 1. The topological polar surface area (TPSA) is 63.0 Å². The molecular formula is C11H12N4O. The molecular weight excluding hydrogens is 204 g/mol. The third-order valence-corrected chi connectivity index (χ3v) is 2.70. The lowest BCUT2D eigenvalue weighted by Gasteiger charge is -2.16. The molecule has 82 valence electrons. The van der Waals surface area contributed by atoms with Gasteiger partial charge in [-0.05, 0) is 12.1 Å². The van der Waals surface area contributed by atoms with Crippen molar-refractivity contribution in [1.82, 2.24) is 20.1 Å². The van der Waals surface area contributed by atoms with Crippen LogP contribution in [0.4, 0.5) is 0 Å². The molecule has 16 heavy (non-hydrogen) atoms. The van der Waals surface area contributed by atoms with Gasteiger partial charge in [0.05, 0.1) is 11.8 Å². The average molecular weight is 216 g/mol. The number of aromatic nitrogens is 3. The van der Waals surface area contributed by atoms with Gasteiger partial charge in [0.1, 0.15) is 0 Å². The summed E-state index contributed by atoms with van der Waals surface area (Å²) in [5.41, 5.74) is 1.79. The van der Waals surface area contributed by atoms with Crippen LogP contribution in [0, 0.1) is 0 Å². The Kier molecular flexibility index (Phi) is 2.19. The van der Waals surface area contributed by atoms with Gasteiger partial charge in [0.2, 0.25) is 0 Å². The maximum atomic E-state index is 9.79. The number of nitrogens with zero attached hydrogens (tertiary/aromatic N) is 3. The van der Waals surface area contributed by atoms with E-state index < -0.39 is 6.10 Å². The molecule has 2 aromatic heterocycles. The fourth-order valence-corrected chi connectivity index (χ4v) is 1.88. The molecule has 0 bridgehead atoms. The molecule has 5 heteroatoms. The Hall–Kier alpha value is -1.72. The minimum atomic E-state index is -0.471. The van der Waals surface area contributed by atoms with E-state index in [0.29, 0.717) is 13.1 Å². The molecule has 0 saturated heterocycles. The summed E-state index contributed by atoms with van der Waals surface area (Å²) >= 11 is 0. The molecule has 0 amide bonds. The van der Waals surface area contributed by atoms with Gasteiger partial charge in [-0.2, -0.15) is 5.10 Å². The first kappa shape index (κ1) is 9.50. The molecule has 1 unspecified atom stereocenters. The van der Waals surface area contributed by atoms with Gasteiger partial charge in [-0.25, -0.2) is 9.67 Å². The minimum absolute atomic E-state index is 0.471. The smallest absolute Gasteiger partial charge is 0.153 e. The van der Waals surface area contributed by atoms with Gasteiger partial charge in [-0.1, -0.05) is 6.07 Å². The van der Waals surface area contributed by atoms with Gasteiger partial charge in [-0.3, -0.25) is 0 Å². The Balaban J connectivity index is 2.05. The molecule has 0 fully saturated rings. The van der Waals surface area contributed by atoms with Crippen LogP contribution in [0.15, 0.2) is 30.6 Å². The normalized spacial score (nSPS) is 19.4. The molecule has 5 nitrogen and oxygen atoms in total. The maximum absolute atomic E-state index is 9.79. The third-order valence-electron chi connectivity index (χ3n) is 2.70. The summed E-state index contributed by atoms with van der Waals surface area (Å²) in [6, 6.07) is 5.67. The van der Waals surface area contributed by atoms with E-state index in [1.807, 2.05) is 24.4 Å². The zero-order valence-electron chi connectivity index (χ0n) is 8.67. The number of rotatable bonds is 1. The van der Waals surface area contributed by atoms with Crippen molar-refractivity contribution >= 4 is 0 Å². The Morgan fingerprint density at radius 3 is 3.12 bits per heavy atom. The average Bonchev–Trinajstić information content (AvgIpc) is 2.76. The highest BCUT2D eigenvalue weighted by atomic mass is 16.3. The van der Waals surface area contributed by atoms with Crippen molar-refractivity contribution in [2.24, 2.45) is 0 Å². The highest BCUT2D eigenvalue weighted by molar-refractivity contribution is 5.28. The summed E-state index contributed by atoms with van der Waals surface area (Å²) in [6.45, 7) is 1.28. The molecule has 1 aliphatic rings. The SMILES string of the molecule is OC1CNCc2nn(-c3ccccn3)cc21. The summed E-state index contributed by atoms with van der Waals surface area (Å²) in [7, 11) is 0. The number of β-amino-alcohol motifs (C(OH)–C–C–N with tert-alkyl or cyclic N) is 1. The van der Waals surface area contributed by atoms with E-state index >= 15 is 0 Å². The van der Waals surface area contributed by atoms with Crippen molar-refractivity contribution in [3.05, 3.63) is 41.9 Å². The van der Waals surface area contributed by atoms with E-state index in [1.54, 1.807) is 10.9 Å². The van der Waals surface area contributed by atoms with E-state index in [2.05, 4.69) is 15.4 Å². The molecule has 1 atom stereocenters. The van der Waals surface area contributed by atoms with Gasteiger partial charge in [0.25, 0.3) is 0 Å². The molecule has 3 rings (SSSR count). The molecule has 1 aliphatic heterocycles. The second-order valence-corrected chi connectivity index (χ2v) is 3.81. The lowest BCUT2D eigenvalue weighted by atomic mass is 10.1. The fourth-order valence-electron chi connectivity index (χ4n) is 1.88. The first-order valence-electron chi connectivity index (χ1n) is 5.23. The van der Waals surface area contributed by atoms with E-state index in [4.69, 9.17) is 0 Å². The van der Waals surface area contributed by atoms with Crippen LogP contribution < -0.4 is 5.32 Å². The number of fused-ring (bicyclic) bond motifs is 1. The quantitative estimate of drug-likeness (QED) is 0.724. The number of hydrogen-bond donors (Lipinski definition) is 2. The van der Waals surface area contributed by atoms with E-state index in [0.717, 1.165) is 17.1 Å². The Labute approximate surface area is 92.7 Å². The molecule has 3 heterocycles. The highest BCUT2D eigenvalue weighted by Crippen LogP contribution is 2.21. The van der Waals surface area contributed by atoms with Gasteiger partial charge < -0.3 is 10.4 Å². The lowest BCUT2D eigenvalue weighted by Crippen LogP contribution is -2.27. The van der Waals surface area contributed by atoms with Gasteiger partial charge >= 0.3 is 0 Å². The van der Waals surface area contributed by atoms with Crippen LogP contribution in [0.1, 0.15) is 17.4 Å². The second kappa shape index (κ2) is 3.70. The molecule has 0 spiro atoms. The van der Waals surface area contributed by atoms with Crippen molar-refractivity contribution in [2.75, 3.05) is 6.54 Å². The van der Waals surface area contributed by atoms with Gasteiger partial charge in [-0.15, -0.1) is 0 Å². The van der Waals surface area contributed by atoms with Crippen LogP contribution in [0.5, 0.6) is 0 Å². The molecule has 2 aromatic rings. The Morgan fingerprint density at radius 2 is 2.38 bits per heavy atom. The summed E-state index contributed by atoms with van der Waals surface area (Å²) in [6.07, 6.45) is 3.11. The first-order chi connectivity index (χ1) is 7.84. The van der Waals surface area contributed by atoms with Crippen molar-refractivity contribution < 1.29 is 5.11 Å². The Morgan fingerprint density at radius 1 is 1.44 bits per heavy atom. The van der Waals surface area contributed by atoms with Gasteiger partial charge in [0.15, 0.2) is 5.82 Å². The lowest BCUT2D eigenvalue weighted by molar-refractivity contribution is 0.165. The summed E-state index contributed by atoms with van der Waals surface area (Å²) in [5.74, 6) is 0.768. The second-order valence-electron chi connectivity index (χ2n) is 3.81. The van der Waals surface area contributed by atoms with Crippen LogP contribution in [0.25, 0.3) is 5.82 Å². The maximum Gasteiger partial charge on any atom is 0.153 e. The number of aliphatic hydroxyl groups excluding tert-OH is 1. The molecule has 0 aliphatic carbocycles. The first-order valence-corrected chi connectivity index (χ1v) is 5.23. The predicted octanol–water partition coefficient (Wildman–Crippen LogP) is 0.404. The number of nitrogens with one attached hydrogen (secondary N) is 1. The summed E-state index contributed by atoms with van der Waals surface area (Å²) in [4.78, 5) is 4.22. The van der Waals surface area contributed by atoms with Gasteiger partial charge in [0, 0.05) is 31.0 Å². The third kappa shape index (κ3) is 1.50. The zero-order chi connectivity index (χ0) is 11.0. The number of aliphatic hydroxyl groups is 1. The number of hydrogen-bond acceptors (Lipinski definition) is 4. The molecule has 0 saturated carbocycles. The van der Waals surface area contributed by atoms with Crippen molar-refractivity contribution in [1.29, 1.82) is 0 Å². The van der Waals surface area contributed by atoms with Crippen LogP contribution in [0.2, 0.25) is 0 Å². The molecule has 0 radical (unpaired) electrons. The zero-order valence-corrected chi connectivity index (χ0v) is 8.67. The van der Waals surface area contributed by atoms with Crippen LogP contribution >= 0.6 is 0 Å². The van der Waals surface area contributed by atoms with Crippen molar-refractivity contribution in [3.63, 3.8) is 0 Å². The molecule has 0 aromatic carbocycles. The monoisotopic (exact) mass is 216 g/mol. The molecule has 2 N–H and O–H groups in total. The van der Waals surface area contributed by atoms with Crippen molar-refractivity contribution in [2.45, 2.75) is 12.6 Å². The fraction of sp³-hybridized carbons (Fsp3) is 0.273. The van der Waals surface area contributed by atoms with Crippen LogP contribution in [-0.2, 0) is 6.54 Å². The Bertz CT molecular complexity index is 494.